The Morgan fingerprint density at radius 2 is 1.76 bits per heavy atom. The number of ether oxygens (including phenoxy) is 1. The number of Topliss-reactive ketones (excluding diaryl/α,β-unsaturated/α-hetero) is 1. The van der Waals surface area contributed by atoms with Crippen molar-refractivity contribution in [2.75, 3.05) is 13.2 Å². The van der Waals surface area contributed by atoms with E-state index in [0.717, 1.165) is 11.0 Å². The van der Waals surface area contributed by atoms with Crippen LogP contribution in [0.4, 0.5) is 4.39 Å². The van der Waals surface area contributed by atoms with E-state index in [1.54, 1.807) is 0 Å². The fourth-order valence-electron chi connectivity index (χ4n) is 3.09. The number of nitrogens with zero attached hydrogens (tertiary/aromatic N) is 1. The molecule has 130 valence electrons. The number of hydrogen-bond donors (Lipinski definition) is 0. The first-order chi connectivity index (χ1) is 12.0. The van der Waals surface area contributed by atoms with Crippen LogP contribution in [-0.2, 0) is 19.1 Å². The summed E-state index contributed by atoms with van der Waals surface area (Å²) in [7, 11) is 0. The third kappa shape index (κ3) is 3.50. The zero-order valence-corrected chi connectivity index (χ0v) is 13.3. The van der Waals surface area contributed by atoms with Gasteiger partial charge in [0.1, 0.15) is 12.4 Å². The highest BCUT2D eigenvalue weighted by Crippen LogP contribution is 2.34. The van der Waals surface area contributed by atoms with Gasteiger partial charge in [0, 0.05) is 5.56 Å². The Balaban J connectivity index is 1.55. The average molecular weight is 345 g/mol. The molecule has 2 amide bonds. The predicted molar refractivity (Wildman–Crippen MR) is 83.8 cm³/mol. The number of rotatable bonds is 5. The van der Waals surface area contributed by atoms with Crippen molar-refractivity contribution in [1.29, 1.82) is 0 Å². The Morgan fingerprint density at radius 3 is 2.36 bits per heavy atom. The number of halogens is 1. The van der Waals surface area contributed by atoms with Crippen LogP contribution in [0.1, 0.15) is 23.2 Å². The largest absolute Gasteiger partial charge is 0.456 e. The second-order valence-corrected chi connectivity index (χ2v) is 6.01. The summed E-state index contributed by atoms with van der Waals surface area (Å²) in [5.74, 6) is -3.58. The molecule has 0 radical (unpaired) electrons. The lowest BCUT2D eigenvalue weighted by atomic mass is 9.85. The van der Waals surface area contributed by atoms with Gasteiger partial charge in [-0.05, 0) is 25.0 Å². The molecule has 0 saturated carbocycles. The second-order valence-electron chi connectivity index (χ2n) is 6.01. The minimum Gasteiger partial charge on any atom is -0.456 e. The Hall–Kier alpha value is -2.83. The van der Waals surface area contributed by atoms with Gasteiger partial charge in [-0.2, -0.15) is 0 Å². The minimum absolute atomic E-state index is 0.0817. The van der Waals surface area contributed by atoms with Gasteiger partial charge in [-0.3, -0.25) is 24.1 Å². The molecule has 0 unspecified atom stereocenters. The van der Waals surface area contributed by atoms with E-state index in [1.807, 2.05) is 12.2 Å². The van der Waals surface area contributed by atoms with Gasteiger partial charge in [0.15, 0.2) is 12.4 Å². The SMILES string of the molecule is O=C(CN1C(=O)[C@H]2CC=CC[C@@H]2C1=O)OCC(=O)c1cccc(F)c1. The lowest BCUT2D eigenvalue weighted by molar-refractivity contribution is -0.152. The zero-order valence-electron chi connectivity index (χ0n) is 13.3. The standard InChI is InChI=1S/C18H16FNO5/c19-12-5-3-4-11(8-12)15(21)10-25-16(22)9-20-17(23)13-6-1-2-7-14(13)18(20)24/h1-5,8,13-14H,6-7,9-10H2/t13-,14-/m0/s1. The number of imide groups is 1. The van der Waals surface area contributed by atoms with E-state index in [9.17, 15) is 23.6 Å². The molecule has 2 aliphatic rings. The summed E-state index contributed by atoms with van der Waals surface area (Å²) in [4.78, 5) is 49.1. The quantitative estimate of drug-likeness (QED) is 0.350. The molecule has 6 nitrogen and oxygen atoms in total. The van der Waals surface area contributed by atoms with Crippen LogP contribution in [0.2, 0.25) is 0 Å². The molecule has 0 spiro atoms. The summed E-state index contributed by atoms with van der Waals surface area (Å²) in [6.45, 7) is -1.09. The van der Waals surface area contributed by atoms with Gasteiger partial charge < -0.3 is 4.74 Å². The molecular formula is C18H16FNO5. The van der Waals surface area contributed by atoms with Crippen molar-refractivity contribution in [1.82, 2.24) is 4.90 Å². The smallest absolute Gasteiger partial charge is 0.326 e. The van der Waals surface area contributed by atoms with Crippen molar-refractivity contribution >= 4 is 23.6 Å². The van der Waals surface area contributed by atoms with E-state index < -0.39 is 42.6 Å². The lowest BCUT2D eigenvalue weighted by Crippen LogP contribution is -2.37. The second kappa shape index (κ2) is 6.96. The van der Waals surface area contributed by atoms with E-state index in [1.165, 1.54) is 18.2 Å². The molecule has 0 aromatic heterocycles. The van der Waals surface area contributed by atoms with Crippen LogP contribution in [0.15, 0.2) is 36.4 Å². The van der Waals surface area contributed by atoms with Gasteiger partial charge >= 0.3 is 5.97 Å². The number of ketones is 1. The number of benzene rings is 1. The first-order valence-electron chi connectivity index (χ1n) is 7.92. The number of likely N-dealkylation sites (tertiary alicyclic amines) is 1. The summed E-state index contributed by atoms with van der Waals surface area (Å²) >= 11 is 0. The number of esters is 1. The summed E-state index contributed by atoms with van der Waals surface area (Å²) in [5.41, 5.74) is 0.0817. The van der Waals surface area contributed by atoms with Crippen molar-refractivity contribution in [2.24, 2.45) is 11.8 Å². The van der Waals surface area contributed by atoms with Gasteiger partial charge in [-0.15, -0.1) is 0 Å². The topological polar surface area (TPSA) is 80.8 Å². The molecule has 1 aliphatic heterocycles. The molecule has 25 heavy (non-hydrogen) atoms. The number of fused-ring (bicyclic) bond motifs is 1. The highest BCUT2D eigenvalue weighted by Gasteiger charge is 2.47. The van der Waals surface area contributed by atoms with Crippen LogP contribution in [-0.4, -0.2) is 41.6 Å². The van der Waals surface area contributed by atoms with Gasteiger partial charge in [-0.1, -0.05) is 24.3 Å². The van der Waals surface area contributed by atoms with E-state index in [4.69, 9.17) is 4.74 Å². The molecule has 3 rings (SSSR count). The molecule has 1 aromatic carbocycles. The fraction of sp³-hybridized carbons (Fsp3) is 0.333. The molecule has 1 fully saturated rings. The van der Waals surface area contributed by atoms with Gasteiger partial charge in [0.05, 0.1) is 11.8 Å². The van der Waals surface area contributed by atoms with Gasteiger partial charge in [-0.25, -0.2) is 4.39 Å². The van der Waals surface area contributed by atoms with Crippen LogP contribution in [0.3, 0.4) is 0 Å². The highest BCUT2D eigenvalue weighted by molar-refractivity contribution is 6.07. The van der Waals surface area contributed by atoms with Crippen LogP contribution in [0.5, 0.6) is 0 Å². The van der Waals surface area contributed by atoms with Gasteiger partial charge in [0.2, 0.25) is 11.8 Å². The Bertz CT molecular complexity index is 746. The number of carbonyl (C=O) groups excluding carboxylic acids is 4. The molecule has 0 N–H and O–H groups in total. The number of hydrogen-bond acceptors (Lipinski definition) is 5. The van der Waals surface area contributed by atoms with Crippen molar-refractivity contribution in [2.45, 2.75) is 12.8 Å². The Morgan fingerprint density at radius 1 is 1.12 bits per heavy atom. The van der Waals surface area contributed by atoms with E-state index in [-0.39, 0.29) is 17.4 Å². The van der Waals surface area contributed by atoms with Crippen LogP contribution in [0, 0.1) is 17.7 Å². The summed E-state index contributed by atoms with van der Waals surface area (Å²) in [5, 5.41) is 0. The van der Waals surface area contributed by atoms with Crippen LogP contribution < -0.4 is 0 Å². The van der Waals surface area contributed by atoms with Crippen LogP contribution in [0.25, 0.3) is 0 Å². The van der Waals surface area contributed by atoms with Crippen LogP contribution >= 0.6 is 0 Å². The number of carbonyl (C=O) groups is 4. The van der Waals surface area contributed by atoms with Crippen molar-refractivity contribution < 1.29 is 28.3 Å². The fourth-order valence-corrected chi connectivity index (χ4v) is 3.09. The van der Waals surface area contributed by atoms with E-state index in [2.05, 4.69) is 0 Å². The molecule has 2 atom stereocenters. The normalized spacial score (nSPS) is 22.0. The molecule has 1 aliphatic carbocycles. The number of allylic oxidation sites excluding steroid dienone is 2. The maximum Gasteiger partial charge on any atom is 0.326 e. The summed E-state index contributed by atoms with van der Waals surface area (Å²) < 4.78 is 17.9. The number of amides is 2. The first kappa shape index (κ1) is 17.0. The Labute approximate surface area is 143 Å². The monoisotopic (exact) mass is 345 g/mol. The van der Waals surface area contributed by atoms with E-state index in [0.29, 0.717) is 12.8 Å². The van der Waals surface area contributed by atoms with E-state index >= 15 is 0 Å². The Kier molecular flexibility index (Phi) is 4.74. The lowest BCUT2D eigenvalue weighted by Gasteiger charge is -2.14. The summed E-state index contributed by atoms with van der Waals surface area (Å²) in [6.07, 6.45) is 4.68. The molecule has 7 heteroatoms. The van der Waals surface area contributed by atoms with Crippen molar-refractivity contribution in [3.05, 3.63) is 47.8 Å². The van der Waals surface area contributed by atoms with Crippen molar-refractivity contribution in [3.8, 4) is 0 Å². The molecule has 1 heterocycles. The molecule has 0 bridgehead atoms. The average Bonchev–Trinajstić information content (AvgIpc) is 2.85. The third-order valence-electron chi connectivity index (χ3n) is 4.40. The maximum absolute atomic E-state index is 13.1. The first-order valence-corrected chi connectivity index (χ1v) is 7.92. The predicted octanol–water partition coefficient (Wildman–Crippen LogP) is 1.50. The third-order valence-corrected chi connectivity index (χ3v) is 4.40. The van der Waals surface area contributed by atoms with Crippen molar-refractivity contribution in [3.63, 3.8) is 0 Å². The minimum atomic E-state index is -0.849. The maximum atomic E-state index is 13.1. The zero-order chi connectivity index (χ0) is 18.0. The molecule has 1 aromatic rings. The molecule has 1 saturated heterocycles. The highest BCUT2D eigenvalue weighted by atomic mass is 19.1. The molecular weight excluding hydrogens is 329 g/mol. The summed E-state index contributed by atoms with van der Waals surface area (Å²) in [6, 6.07) is 5.02. The van der Waals surface area contributed by atoms with Gasteiger partial charge in [0.25, 0.3) is 0 Å².